The summed E-state index contributed by atoms with van der Waals surface area (Å²) in [5, 5.41) is 0.378. The fourth-order valence-corrected chi connectivity index (χ4v) is 3.56. The summed E-state index contributed by atoms with van der Waals surface area (Å²) in [6.07, 6.45) is 4.08. The van der Waals surface area contributed by atoms with E-state index in [9.17, 15) is 4.79 Å². The van der Waals surface area contributed by atoms with Crippen LogP contribution in [-0.4, -0.2) is 36.1 Å². The number of amides is 1. The lowest BCUT2D eigenvalue weighted by atomic mass is 9.76. The number of rotatable bonds is 1. The molecule has 1 aliphatic heterocycles. The van der Waals surface area contributed by atoms with E-state index in [-0.39, 0.29) is 11.4 Å². The van der Waals surface area contributed by atoms with Gasteiger partial charge < -0.3 is 9.64 Å². The fourth-order valence-electron chi connectivity index (χ4n) is 3.42. The van der Waals surface area contributed by atoms with E-state index in [2.05, 4.69) is 4.98 Å². The zero-order chi connectivity index (χ0) is 13.6. The van der Waals surface area contributed by atoms with Crippen molar-refractivity contribution in [1.29, 1.82) is 0 Å². The van der Waals surface area contributed by atoms with Crippen molar-refractivity contribution in [3.63, 3.8) is 0 Å². The van der Waals surface area contributed by atoms with Crippen LogP contribution in [0.4, 0.5) is 0 Å². The Bertz CT molecular complexity index is 524. The van der Waals surface area contributed by atoms with Crippen molar-refractivity contribution in [3.05, 3.63) is 28.5 Å². The highest BCUT2D eigenvalue weighted by atomic mass is 35.5. The summed E-state index contributed by atoms with van der Waals surface area (Å²) < 4.78 is 5.42. The molecule has 0 radical (unpaired) electrons. The van der Waals surface area contributed by atoms with E-state index in [1.54, 1.807) is 13.2 Å². The van der Waals surface area contributed by atoms with E-state index in [4.69, 9.17) is 16.3 Å². The maximum atomic E-state index is 12.3. The number of carbonyl (C=O) groups excluding carboxylic acids is 1. The van der Waals surface area contributed by atoms with Crippen molar-refractivity contribution in [2.24, 2.45) is 0 Å². The average molecular weight is 281 g/mol. The fraction of sp³-hybridized carbons (Fsp3) is 0.571. The molecule has 1 saturated carbocycles. The van der Waals surface area contributed by atoms with E-state index in [1.165, 1.54) is 0 Å². The molecular weight excluding hydrogens is 264 g/mol. The average Bonchev–Trinajstić information content (AvgIpc) is 2.63. The lowest BCUT2D eigenvalue weighted by molar-refractivity contribution is 0.00742. The van der Waals surface area contributed by atoms with Crippen LogP contribution in [0.25, 0.3) is 0 Å². The Kier molecular flexibility index (Phi) is 3.02. The standard InChI is InChI=1S/C14H17ClN2O2/c1-17-13(18)12-10(3-4-11(15)16-12)14(17)7-5-9(19-2)6-8-14/h3-4,9H,5-8H2,1-2H3. The molecule has 1 aromatic rings. The summed E-state index contributed by atoms with van der Waals surface area (Å²) >= 11 is 5.91. The van der Waals surface area contributed by atoms with Crippen LogP contribution in [0.2, 0.25) is 5.15 Å². The number of ether oxygens (including phenoxy) is 1. The minimum atomic E-state index is -0.209. The highest BCUT2D eigenvalue weighted by molar-refractivity contribution is 6.29. The van der Waals surface area contributed by atoms with Gasteiger partial charge in [-0.15, -0.1) is 0 Å². The molecule has 1 fully saturated rings. The summed E-state index contributed by atoms with van der Waals surface area (Å²) in [5.41, 5.74) is 1.34. The van der Waals surface area contributed by atoms with Crippen molar-refractivity contribution < 1.29 is 9.53 Å². The van der Waals surface area contributed by atoms with Crippen LogP contribution in [0, 0.1) is 0 Å². The smallest absolute Gasteiger partial charge is 0.273 e. The number of carbonyl (C=O) groups is 1. The maximum Gasteiger partial charge on any atom is 0.273 e. The number of hydrogen-bond acceptors (Lipinski definition) is 3. The minimum absolute atomic E-state index is 0.0200. The van der Waals surface area contributed by atoms with Gasteiger partial charge in [0.15, 0.2) is 0 Å². The van der Waals surface area contributed by atoms with E-state index in [0.29, 0.717) is 17.0 Å². The van der Waals surface area contributed by atoms with Crippen LogP contribution in [0.15, 0.2) is 12.1 Å². The summed E-state index contributed by atoms with van der Waals surface area (Å²) in [4.78, 5) is 18.4. The molecule has 0 N–H and O–H groups in total. The largest absolute Gasteiger partial charge is 0.381 e. The molecule has 0 bridgehead atoms. The number of fused-ring (bicyclic) bond motifs is 2. The first-order valence-electron chi connectivity index (χ1n) is 6.56. The van der Waals surface area contributed by atoms with E-state index in [0.717, 1.165) is 31.2 Å². The highest BCUT2D eigenvalue weighted by Gasteiger charge is 2.50. The number of hydrogen-bond donors (Lipinski definition) is 0. The van der Waals surface area contributed by atoms with Crippen molar-refractivity contribution in [3.8, 4) is 0 Å². The second kappa shape index (κ2) is 4.46. The molecule has 1 amide bonds. The summed E-state index contributed by atoms with van der Waals surface area (Å²) in [6, 6.07) is 3.73. The van der Waals surface area contributed by atoms with Gasteiger partial charge in [-0.1, -0.05) is 17.7 Å². The van der Waals surface area contributed by atoms with Crippen LogP contribution in [0.5, 0.6) is 0 Å². The Labute approximate surface area is 117 Å². The zero-order valence-corrected chi connectivity index (χ0v) is 11.9. The molecule has 1 aliphatic carbocycles. The van der Waals surface area contributed by atoms with Gasteiger partial charge in [0.25, 0.3) is 5.91 Å². The molecule has 1 spiro atoms. The van der Waals surface area contributed by atoms with E-state index in [1.807, 2.05) is 18.0 Å². The van der Waals surface area contributed by atoms with Crippen LogP contribution >= 0.6 is 11.6 Å². The van der Waals surface area contributed by atoms with Gasteiger partial charge in [-0.3, -0.25) is 4.79 Å². The van der Waals surface area contributed by atoms with Gasteiger partial charge in [-0.2, -0.15) is 0 Å². The van der Waals surface area contributed by atoms with Crippen molar-refractivity contribution >= 4 is 17.5 Å². The zero-order valence-electron chi connectivity index (χ0n) is 11.1. The predicted octanol–water partition coefficient (Wildman–Crippen LogP) is 2.60. The molecule has 0 aromatic carbocycles. The monoisotopic (exact) mass is 280 g/mol. The first-order chi connectivity index (χ1) is 9.08. The van der Waals surface area contributed by atoms with Gasteiger partial charge in [0.2, 0.25) is 0 Å². The third kappa shape index (κ3) is 1.77. The van der Waals surface area contributed by atoms with Crippen molar-refractivity contribution in [1.82, 2.24) is 9.88 Å². The molecule has 0 unspecified atom stereocenters. The summed E-state index contributed by atoms with van der Waals surface area (Å²) in [5.74, 6) is -0.0200. The molecule has 5 heteroatoms. The number of aromatic nitrogens is 1. The van der Waals surface area contributed by atoms with Crippen LogP contribution in [-0.2, 0) is 10.3 Å². The van der Waals surface area contributed by atoms with Gasteiger partial charge in [0.1, 0.15) is 10.8 Å². The first kappa shape index (κ1) is 12.9. The van der Waals surface area contributed by atoms with Crippen LogP contribution in [0.1, 0.15) is 41.7 Å². The molecule has 3 rings (SSSR count). The Morgan fingerprint density at radius 3 is 2.74 bits per heavy atom. The molecular formula is C14H17ClN2O2. The normalized spacial score (nSPS) is 29.9. The quantitative estimate of drug-likeness (QED) is 0.743. The van der Waals surface area contributed by atoms with Gasteiger partial charge in [0.05, 0.1) is 11.6 Å². The third-order valence-electron chi connectivity index (χ3n) is 4.60. The third-order valence-corrected chi connectivity index (χ3v) is 4.82. The van der Waals surface area contributed by atoms with Crippen molar-refractivity contribution in [2.75, 3.05) is 14.2 Å². The lowest BCUT2D eigenvalue weighted by Crippen LogP contribution is -2.44. The van der Waals surface area contributed by atoms with E-state index >= 15 is 0 Å². The topological polar surface area (TPSA) is 42.4 Å². The Balaban J connectivity index is 2.02. The number of halogens is 1. The molecule has 2 heterocycles. The number of nitrogens with zero attached hydrogens (tertiary/aromatic N) is 2. The van der Waals surface area contributed by atoms with Gasteiger partial charge in [-0.05, 0) is 31.7 Å². The minimum Gasteiger partial charge on any atom is -0.381 e. The molecule has 0 atom stereocenters. The van der Waals surface area contributed by atoms with Gasteiger partial charge >= 0.3 is 0 Å². The number of pyridine rings is 1. The molecule has 0 saturated heterocycles. The Hall–Kier alpha value is -1.13. The maximum absolute atomic E-state index is 12.3. The molecule has 4 nitrogen and oxygen atoms in total. The lowest BCUT2D eigenvalue weighted by Gasteiger charge is -2.42. The molecule has 2 aliphatic rings. The SMILES string of the molecule is COC1CCC2(CC1)c1ccc(Cl)nc1C(=O)N2C. The van der Waals surface area contributed by atoms with E-state index < -0.39 is 0 Å². The Morgan fingerprint density at radius 1 is 1.42 bits per heavy atom. The predicted molar refractivity (Wildman–Crippen MR) is 72.3 cm³/mol. The molecule has 102 valence electrons. The number of methoxy groups -OCH3 is 1. The molecule has 19 heavy (non-hydrogen) atoms. The van der Waals surface area contributed by atoms with Gasteiger partial charge in [0, 0.05) is 19.7 Å². The second-order valence-corrected chi connectivity index (χ2v) is 5.75. The summed E-state index contributed by atoms with van der Waals surface area (Å²) in [6.45, 7) is 0. The molecule has 1 aromatic heterocycles. The van der Waals surface area contributed by atoms with Gasteiger partial charge in [-0.25, -0.2) is 4.98 Å². The second-order valence-electron chi connectivity index (χ2n) is 5.36. The Morgan fingerprint density at radius 2 is 2.11 bits per heavy atom. The van der Waals surface area contributed by atoms with Crippen LogP contribution in [0.3, 0.4) is 0 Å². The van der Waals surface area contributed by atoms with Crippen LogP contribution < -0.4 is 0 Å². The first-order valence-corrected chi connectivity index (χ1v) is 6.94. The van der Waals surface area contributed by atoms with Crippen molar-refractivity contribution in [2.45, 2.75) is 37.3 Å². The highest BCUT2D eigenvalue weighted by Crippen LogP contribution is 2.47. The summed E-state index contributed by atoms with van der Waals surface area (Å²) in [7, 11) is 3.62.